The zero-order valence-corrected chi connectivity index (χ0v) is 26.8. The summed E-state index contributed by atoms with van der Waals surface area (Å²) in [6, 6.07) is 12.3. The maximum Gasteiger partial charge on any atom is 0.416 e. The lowest BCUT2D eigenvalue weighted by Gasteiger charge is -2.20. The van der Waals surface area contributed by atoms with E-state index in [1.165, 1.54) is 29.4 Å². The van der Waals surface area contributed by atoms with Gasteiger partial charge in [0.2, 0.25) is 0 Å². The van der Waals surface area contributed by atoms with Crippen LogP contribution in [-0.2, 0) is 26.3 Å². The minimum absolute atomic E-state index is 0.0294. The van der Waals surface area contributed by atoms with Gasteiger partial charge in [-0.25, -0.2) is 9.37 Å². The Morgan fingerprint density at radius 3 is 2.51 bits per heavy atom. The molecule has 1 unspecified atom stereocenters. The van der Waals surface area contributed by atoms with Gasteiger partial charge in [0, 0.05) is 37.8 Å². The molecule has 1 N–H and O–H groups in total. The van der Waals surface area contributed by atoms with Crippen molar-refractivity contribution in [1.29, 1.82) is 10.5 Å². The van der Waals surface area contributed by atoms with Gasteiger partial charge in [-0.1, -0.05) is 0 Å². The molecular weight excluding hydrogens is 638 g/mol. The largest absolute Gasteiger partial charge is 0.416 e. The molecule has 250 valence electrons. The topological polar surface area (TPSA) is 127 Å². The van der Waals surface area contributed by atoms with E-state index in [2.05, 4.69) is 31.5 Å². The third-order valence-corrected chi connectivity index (χ3v) is 9.68. The van der Waals surface area contributed by atoms with Gasteiger partial charge in [-0.15, -0.1) is 10.2 Å². The summed E-state index contributed by atoms with van der Waals surface area (Å²) in [7, 11) is 1.67. The number of fused-ring (bicyclic) bond motifs is 1. The number of hydrogen-bond acceptors (Lipinski definition) is 8. The second-order valence-corrected chi connectivity index (χ2v) is 13.3. The van der Waals surface area contributed by atoms with Gasteiger partial charge in [-0.05, 0) is 96.8 Å². The molecule has 2 aromatic carbocycles. The van der Waals surface area contributed by atoms with Crippen LogP contribution in [0.4, 0.5) is 29.2 Å². The number of likely N-dealkylation sites (tertiary alicyclic amines) is 1. The number of carbonyl (C=O) groups excluding carboxylic acids is 1. The summed E-state index contributed by atoms with van der Waals surface area (Å²) in [6.45, 7) is 3.48. The van der Waals surface area contributed by atoms with Crippen LogP contribution >= 0.6 is 0 Å². The number of nitriles is 2. The summed E-state index contributed by atoms with van der Waals surface area (Å²) in [4.78, 5) is 22.0. The van der Waals surface area contributed by atoms with E-state index in [9.17, 15) is 32.9 Å². The molecule has 4 aromatic rings. The molecule has 4 heterocycles. The lowest BCUT2D eigenvalue weighted by molar-refractivity contribution is -0.138. The van der Waals surface area contributed by atoms with Crippen LogP contribution in [0.5, 0.6) is 0 Å². The van der Waals surface area contributed by atoms with Crippen LogP contribution < -0.4 is 10.2 Å². The van der Waals surface area contributed by atoms with Crippen LogP contribution in [0, 0.1) is 39.8 Å². The number of hydrogen-bond donors (Lipinski definition) is 1. The number of benzene rings is 2. The second-order valence-electron chi connectivity index (χ2n) is 13.3. The van der Waals surface area contributed by atoms with Crippen molar-refractivity contribution in [2.75, 3.05) is 29.9 Å². The SMILES string of the molecule is CC(C#N)CNc1cc(-c2cc(C#N)c(F)cc2-c2nncn2C)cc(N2Cc3c(cc(CN4CCC5(CC5)C4)cc3C(F)(F)F)C2=O)n1. The fourth-order valence-corrected chi connectivity index (χ4v) is 6.82. The predicted molar refractivity (Wildman–Crippen MR) is 171 cm³/mol. The average molecular weight is 670 g/mol. The van der Waals surface area contributed by atoms with Crippen LogP contribution in [0.2, 0.25) is 0 Å². The number of anilines is 2. The van der Waals surface area contributed by atoms with Crippen molar-refractivity contribution >= 4 is 17.5 Å². The molecule has 1 aliphatic carbocycles. The van der Waals surface area contributed by atoms with Crippen LogP contribution in [0.25, 0.3) is 22.5 Å². The standard InChI is InChI=1S/C35H31F4N9O/c1-20(13-40)15-42-30-10-22(24-9-23(14-41)29(36)12-25(24)32-45-43-19-46(32)2)11-31(44-30)48-17-27-26(33(48)49)7-21(8-28(27)35(37,38)39)16-47-6-5-34(18-47)3-4-34/h7-12,19-20H,3-6,15-18H2,1-2H3,(H,42,44). The van der Waals surface area contributed by atoms with Gasteiger partial charge in [0.25, 0.3) is 5.91 Å². The Morgan fingerprint density at radius 2 is 1.86 bits per heavy atom. The van der Waals surface area contributed by atoms with E-state index in [1.807, 2.05) is 6.07 Å². The molecule has 10 nitrogen and oxygen atoms in total. The Balaban J connectivity index is 1.32. The first kappa shape index (κ1) is 32.2. The molecule has 2 aliphatic heterocycles. The molecule has 2 fully saturated rings. The van der Waals surface area contributed by atoms with Crippen LogP contribution in [0.3, 0.4) is 0 Å². The van der Waals surface area contributed by atoms with E-state index in [-0.39, 0.29) is 41.4 Å². The van der Waals surface area contributed by atoms with E-state index in [0.29, 0.717) is 40.0 Å². The predicted octanol–water partition coefficient (Wildman–Crippen LogP) is 6.29. The fourth-order valence-electron chi connectivity index (χ4n) is 6.82. The molecule has 1 amide bonds. The molecule has 1 atom stereocenters. The Labute approximate surface area is 279 Å². The molecule has 2 aromatic heterocycles. The zero-order valence-electron chi connectivity index (χ0n) is 26.8. The number of nitrogens with one attached hydrogen (secondary N) is 1. The lowest BCUT2D eigenvalue weighted by Crippen LogP contribution is -2.25. The van der Waals surface area contributed by atoms with Crippen molar-refractivity contribution in [3.8, 4) is 34.7 Å². The van der Waals surface area contributed by atoms with Gasteiger partial charge >= 0.3 is 6.18 Å². The minimum atomic E-state index is -4.69. The van der Waals surface area contributed by atoms with Crippen LogP contribution in [-0.4, -0.2) is 50.2 Å². The van der Waals surface area contributed by atoms with Gasteiger partial charge in [0.15, 0.2) is 5.82 Å². The number of halogens is 4. The Hall–Kier alpha value is -5.34. The summed E-state index contributed by atoms with van der Waals surface area (Å²) in [5.74, 6) is -1.26. The lowest BCUT2D eigenvalue weighted by atomic mass is 9.96. The van der Waals surface area contributed by atoms with E-state index in [4.69, 9.17) is 0 Å². The first-order valence-corrected chi connectivity index (χ1v) is 15.9. The number of carbonyl (C=O) groups is 1. The normalized spacial score (nSPS) is 17.2. The smallest absolute Gasteiger partial charge is 0.369 e. The fraction of sp³-hybridized carbons (Fsp3) is 0.371. The molecule has 0 bridgehead atoms. The highest BCUT2D eigenvalue weighted by molar-refractivity contribution is 6.10. The zero-order chi connectivity index (χ0) is 34.7. The highest BCUT2D eigenvalue weighted by Crippen LogP contribution is 2.53. The number of amides is 1. The second kappa shape index (κ2) is 12.0. The Kier molecular flexibility index (Phi) is 7.87. The summed E-state index contributed by atoms with van der Waals surface area (Å²) in [6.07, 6.45) is 0.0575. The maximum atomic E-state index is 15.0. The first-order valence-electron chi connectivity index (χ1n) is 15.9. The Morgan fingerprint density at radius 1 is 1.06 bits per heavy atom. The summed E-state index contributed by atoms with van der Waals surface area (Å²) >= 11 is 0. The minimum Gasteiger partial charge on any atom is -0.369 e. The first-order chi connectivity index (χ1) is 23.4. The Bertz CT molecular complexity index is 2070. The third kappa shape index (κ3) is 6.08. The number of pyridine rings is 1. The van der Waals surface area contributed by atoms with Crippen molar-refractivity contribution in [3.63, 3.8) is 0 Å². The summed E-state index contributed by atoms with van der Waals surface area (Å²) < 4.78 is 60.2. The molecule has 3 aliphatic rings. The van der Waals surface area contributed by atoms with Crippen molar-refractivity contribution in [1.82, 2.24) is 24.6 Å². The van der Waals surface area contributed by atoms with Gasteiger partial charge in [-0.3, -0.25) is 14.6 Å². The van der Waals surface area contributed by atoms with Crippen molar-refractivity contribution in [3.05, 3.63) is 76.4 Å². The van der Waals surface area contributed by atoms with E-state index < -0.39 is 29.4 Å². The molecule has 1 saturated carbocycles. The van der Waals surface area contributed by atoms with E-state index in [0.717, 1.165) is 38.4 Å². The molecule has 49 heavy (non-hydrogen) atoms. The third-order valence-electron chi connectivity index (χ3n) is 9.68. The number of rotatable bonds is 8. The van der Waals surface area contributed by atoms with Gasteiger partial charge in [-0.2, -0.15) is 23.7 Å². The molecule has 0 radical (unpaired) electrons. The molecule has 1 spiro atoms. The van der Waals surface area contributed by atoms with Crippen LogP contribution in [0.15, 0.2) is 42.7 Å². The van der Waals surface area contributed by atoms with Crippen molar-refractivity contribution in [2.24, 2.45) is 18.4 Å². The average Bonchev–Trinajstić information content (AvgIpc) is 3.33. The molecular formula is C35H31F4N9O. The van der Waals surface area contributed by atoms with Gasteiger partial charge < -0.3 is 9.88 Å². The molecule has 14 heteroatoms. The quantitative estimate of drug-likeness (QED) is 0.217. The van der Waals surface area contributed by atoms with Gasteiger partial charge in [0.1, 0.15) is 29.8 Å². The number of nitrogens with zero attached hydrogens (tertiary/aromatic N) is 8. The van der Waals surface area contributed by atoms with E-state index >= 15 is 0 Å². The highest BCUT2D eigenvalue weighted by Gasteiger charge is 2.48. The number of aromatic nitrogens is 4. The monoisotopic (exact) mass is 669 g/mol. The summed E-state index contributed by atoms with van der Waals surface area (Å²) in [5.41, 5.74) is 0.505. The summed E-state index contributed by atoms with van der Waals surface area (Å²) in [5, 5.41) is 30.1. The van der Waals surface area contributed by atoms with Crippen molar-refractivity contribution in [2.45, 2.75) is 45.5 Å². The van der Waals surface area contributed by atoms with Crippen molar-refractivity contribution < 1.29 is 22.4 Å². The number of alkyl halides is 3. The van der Waals surface area contributed by atoms with Crippen LogP contribution in [0.1, 0.15) is 58.8 Å². The van der Waals surface area contributed by atoms with E-state index in [1.54, 1.807) is 30.7 Å². The maximum absolute atomic E-state index is 15.0. The van der Waals surface area contributed by atoms with Gasteiger partial charge in [0.05, 0.1) is 29.7 Å². The highest BCUT2D eigenvalue weighted by atomic mass is 19.4. The number of aryl methyl sites for hydroxylation is 1. The molecule has 1 saturated heterocycles. The molecule has 7 rings (SSSR count).